The molecule has 0 saturated carbocycles. The summed E-state index contributed by atoms with van der Waals surface area (Å²) in [6.45, 7) is 3.54. The number of likely N-dealkylation sites (tertiary alicyclic amines) is 1. The second kappa shape index (κ2) is 12.2. The van der Waals surface area contributed by atoms with Crippen LogP contribution in [0.5, 0.6) is 5.75 Å². The summed E-state index contributed by atoms with van der Waals surface area (Å²) >= 11 is 0. The van der Waals surface area contributed by atoms with Crippen molar-refractivity contribution in [3.63, 3.8) is 0 Å². The molecule has 2 N–H and O–H groups in total. The van der Waals surface area contributed by atoms with E-state index in [9.17, 15) is 14.0 Å². The molecular weight excluding hydrogens is 421 g/mol. The van der Waals surface area contributed by atoms with Crippen LogP contribution in [0.4, 0.5) is 9.18 Å². The van der Waals surface area contributed by atoms with E-state index in [4.69, 9.17) is 4.74 Å². The van der Waals surface area contributed by atoms with Crippen molar-refractivity contribution in [1.29, 1.82) is 0 Å². The fourth-order valence-corrected chi connectivity index (χ4v) is 4.18. The lowest BCUT2D eigenvalue weighted by Crippen LogP contribution is -2.50. The molecule has 1 heterocycles. The van der Waals surface area contributed by atoms with Gasteiger partial charge in [-0.15, -0.1) is 0 Å². The van der Waals surface area contributed by atoms with E-state index in [-0.39, 0.29) is 29.7 Å². The monoisotopic (exact) mass is 455 g/mol. The van der Waals surface area contributed by atoms with E-state index < -0.39 is 0 Å². The average Bonchev–Trinajstić information content (AvgIpc) is 2.84. The lowest BCUT2D eigenvalue weighted by Gasteiger charge is -2.39. The number of amides is 3. The Morgan fingerprint density at radius 1 is 1.03 bits per heavy atom. The second-order valence-corrected chi connectivity index (χ2v) is 8.47. The number of benzene rings is 2. The highest BCUT2D eigenvalue weighted by molar-refractivity contribution is 5.81. The van der Waals surface area contributed by atoms with Crippen molar-refractivity contribution in [3.8, 4) is 5.75 Å². The van der Waals surface area contributed by atoms with Gasteiger partial charge in [0.2, 0.25) is 5.91 Å². The van der Waals surface area contributed by atoms with Gasteiger partial charge >= 0.3 is 6.03 Å². The number of urea groups is 1. The minimum absolute atomic E-state index is 0.0348. The topological polar surface area (TPSA) is 70.7 Å². The SMILES string of the molecule is CCCCNC(=O)N1C[C@@H](C(=O)NCCc2ccc(OC)cc2)CC[C@H]1c1ccc(F)cc1. The van der Waals surface area contributed by atoms with E-state index in [1.807, 2.05) is 24.3 Å². The number of carbonyl (C=O) groups is 2. The maximum Gasteiger partial charge on any atom is 0.317 e. The highest BCUT2D eigenvalue weighted by Crippen LogP contribution is 2.33. The van der Waals surface area contributed by atoms with Gasteiger partial charge in [0.25, 0.3) is 0 Å². The van der Waals surface area contributed by atoms with E-state index in [0.29, 0.717) is 32.5 Å². The van der Waals surface area contributed by atoms with Crippen LogP contribution < -0.4 is 15.4 Å². The molecule has 0 spiro atoms. The van der Waals surface area contributed by atoms with Crippen LogP contribution in [0.15, 0.2) is 48.5 Å². The van der Waals surface area contributed by atoms with Crippen LogP contribution in [0.2, 0.25) is 0 Å². The molecule has 1 aliphatic rings. The first kappa shape index (κ1) is 24.6. The van der Waals surface area contributed by atoms with Crippen molar-refractivity contribution >= 4 is 11.9 Å². The number of unbranched alkanes of at least 4 members (excludes halogenated alkanes) is 1. The molecule has 7 heteroatoms. The molecule has 1 fully saturated rings. The summed E-state index contributed by atoms with van der Waals surface area (Å²) in [6.07, 6.45) is 3.94. The van der Waals surface area contributed by atoms with E-state index in [2.05, 4.69) is 17.6 Å². The van der Waals surface area contributed by atoms with E-state index in [1.165, 1.54) is 12.1 Å². The number of methoxy groups -OCH3 is 1. The number of ether oxygens (including phenoxy) is 1. The van der Waals surface area contributed by atoms with E-state index in [0.717, 1.165) is 36.1 Å². The van der Waals surface area contributed by atoms with Crippen LogP contribution in [-0.2, 0) is 11.2 Å². The zero-order valence-corrected chi connectivity index (χ0v) is 19.5. The molecule has 3 amide bonds. The van der Waals surface area contributed by atoms with E-state index >= 15 is 0 Å². The van der Waals surface area contributed by atoms with Crippen LogP contribution in [0, 0.1) is 11.7 Å². The molecule has 33 heavy (non-hydrogen) atoms. The van der Waals surface area contributed by atoms with Gasteiger partial charge in [-0.2, -0.15) is 0 Å². The third-order valence-electron chi connectivity index (χ3n) is 6.15. The molecule has 2 atom stereocenters. The molecule has 6 nitrogen and oxygen atoms in total. The smallest absolute Gasteiger partial charge is 0.317 e. The molecule has 0 aliphatic carbocycles. The molecule has 0 bridgehead atoms. The van der Waals surface area contributed by atoms with Gasteiger partial charge in [-0.3, -0.25) is 4.79 Å². The quantitative estimate of drug-likeness (QED) is 0.549. The molecule has 1 aliphatic heterocycles. The number of halogens is 1. The summed E-state index contributed by atoms with van der Waals surface area (Å²) in [5, 5.41) is 5.99. The number of hydrogen-bond acceptors (Lipinski definition) is 3. The van der Waals surface area contributed by atoms with Gasteiger partial charge in [-0.1, -0.05) is 37.6 Å². The molecule has 2 aromatic carbocycles. The zero-order chi connectivity index (χ0) is 23.6. The maximum absolute atomic E-state index is 13.4. The van der Waals surface area contributed by atoms with Gasteiger partial charge in [0.15, 0.2) is 0 Å². The van der Waals surface area contributed by atoms with Crippen molar-refractivity contribution in [2.24, 2.45) is 5.92 Å². The Morgan fingerprint density at radius 3 is 2.42 bits per heavy atom. The minimum atomic E-state index is -0.303. The van der Waals surface area contributed by atoms with E-state index in [1.54, 1.807) is 24.1 Å². The third kappa shape index (κ3) is 6.94. The molecule has 3 rings (SSSR count). The second-order valence-electron chi connectivity index (χ2n) is 8.47. The first-order valence-electron chi connectivity index (χ1n) is 11.7. The molecule has 0 unspecified atom stereocenters. The fourth-order valence-electron chi connectivity index (χ4n) is 4.18. The number of nitrogens with zero attached hydrogens (tertiary/aromatic N) is 1. The Kier molecular flexibility index (Phi) is 9.10. The predicted molar refractivity (Wildman–Crippen MR) is 127 cm³/mol. The van der Waals surface area contributed by atoms with Crippen molar-refractivity contribution in [1.82, 2.24) is 15.5 Å². The summed E-state index contributed by atoms with van der Waals surface area (Å²) in [7, 11) is 1.63. The van der Waals surface area contributed by atoms with Crippen molar-refractivity contribution < 1.29 is 18.7 Å². The number of rotatable bonds is 9. The molecular formula is C26H34FN3O3. The molecule has 178 valence electrons. The maximum atomic E-state index is 13.4. The lowest BCUT2D eigenvalue weighted by molar-refractivity contribution is -0.126. The van der Waals surface area contributed by atoms with Crippen LogP contribution in [-0.4, -0.2) is 43.6 Å². The molecule has 1 saturated heterocycles. The Hall–Kier alpha value is -3.09. The van der Waals surface area contributed by atoms with Crippen molar-refractivity contribution in [2.75, 3.05) is 26.7 Å². The number of hydrogen-bond donors (Lipinski definition) is 2. The van der Waals surface area contributed by atoms with Crippen molar-refractivity contribution in [2.45, 2.75) is 45.1 Å². The number of piperidine rings is 1. The third-order valence-corrected chi connectivity index (χ3v) is 6.15. The number of nitrogens with one attached hydrogen (secondary N) is 2. The van der Waals surface area contributed by atoms with Gasteiger partial charge in [0, 0.05) is 19.6 Å². The fraction of sp³-hybridized carbons (Fsp3) is 0.462. The molecule has 2 aromatic rings. The lowest BCUT2D eigenvalue weighted by atomic mass is 9.88. The molecule has 0 aromatic heterocycles. The first-order valence-corrected chi connectivity index (χ1v) is 11.7. The van der Waals surface area contributed by atoms with Crippen LogP contribution in [0.3, 0.4) is 0 Å². The normalized spacial score (nSPS) is 18.0. The van der Waals surface area contributed by atoms with Gasteiger partial charge in [0.05, 0.1) is 19.1 Å². The Morgan fingerprint density at radius 2 is 1.76 bits per heavy atom. The Labute approximate surface area is 195 Å². The number of carbonyl (C=O) groups excluding carboxylic acids is 2. The largest absolute Gasteiger partial charge is 0.497 e. The standard InChI is InChI=1S/C26H34FN3O3/c1-3-4-16-29-26(32)30-18-21(9-14-24(30)20-7-10-22(27)11-8-20)25(31)28-17-15-19-5-12-23(33-2)13-6-19/h5-8,10-13,21,24H,3-4,9,14-18H2,1-2H3,(H,28,31)(H,29,32)/t21-,24-/m0/s1. The zero-order valence-electron chi connectivity index (χ0n) is 19.5. The Bertz CT molecular complexity index is 902. The van der Waals surface area contributed by atoms with Gasteiger partial charge in [-0.05, 0) is 61.1 Å². The highest BCUT2D eigenvalue weighted by Gasteiger charge is 2.35. The Balaban J connectivity index is 1.60. The summed E-state index contributed by atoms with van der Waals surface area (Å²) < 4.78 is 18.6. The first-order chi connectivity index (χ1) is 16.0. The van der Waals surface area contributed by atoms with Crippen LogP contribution in [0.1, 0.15) is 49.8 Å². The summed E-state index contributed by atoms with van der Waals surface area (Å²) in [5.74, 6) is 0.197. The summed E-state index contributed by atoms with van der Waals surface area (Å²) in [6, 6.07) is 13.7. The van der Waals surface area contributed by atoms with Gasteiger partial charge < -0.3 is 20.3 Å². The van der Waals surface area contributed by atoms with Gasteiger partial charge in [-0.25, -0.2) is 9.18 Å². The molecule has 0 radical (unpaired) electrons. The predicted octanol–water partition coefficient (Wildman–Crippen LogP) is 4.46. The minimum Gasteiger partial charge on any atom is -0.497 e. The van der Waals surface area contributed by atoms with Crippen molar-refractivity contribution in [3.05, 3.63) is 65.5 Å². The van der Waals surface area contributed by atoms with Gasteiger partial charge in [0.1, 0.15) is 11.6 Å². The van der Waals surface area contributed by atoms with Crippen LogP contribution >= 0.6 is 0 Å². The highest BCUT2D eigenvalue weighted by atomic mass is 19.1. The summed E-state index contributed by atoms with van der Waals surface area (Å²) in [5.41, 5.74) is 2.01. The summed E-state index contributed by atoms with van der Waals surface area (Å²) in [4.78, 5) is 27.5. The average molecular weight is 456 g/mol. The van der Waals surface area contributed by atoms with Crippen LogP contribution in [0.25, 0.3) is 0 Å².